The molecule has 0 aromatic carbocycles. The zero-order valence-electron chi connectivity index (χ0n) is 21.6. The molecule has 2 aliphatic heterocycles. The van der Waals surface area contributed by atoms with Crippen molar-refractivity contribution in [1.82, 2.24) is 20.3 Å². The standard InChI is InChI=1S/C24H23N7O8S2/c1-24(38-2,22(36)37)39-29-15(13-10-41-23(25)27-13)18(32)28-16-19(33)31-17(21(34)35)12(9-40-20(16)31)7-11-8-26-30-6-4-3-5-14(11)30/h3-6,8,10,16,20H,7,9H2,1-2H3,(H5,25,27,28,32,34,35,36,37)/p+1/b29-15-/t16-,20-,24?/m1/s1. The molecule has 1 unspecified atom stereocenters. The van der Waals surface area contributed by atoms with E-state index >= 15 is 0 Å². The molecule has 0 aliphatic carbocycles. The number of hydrogen-bond acceptors (Lipinski definition) is 11. The van der Waals surface area contributed by atoms with E-state index in [0.717, 1.165) is 36.5 Å². The predicted molar refractivity (Wildman–Crippen MR) is 145 cm³/mol. The summed E-state index contributed by atoms with van der Waals surface area (Å²) in [6.07, 6.45) is 3.93. The van der Waals surface area contributed by atoms with Gasteiger partial charge in [0.05, 0.1) is 11.8 Å². The Labute approximate surface area is 239 Å². The van der Waals surface area contributed by atoms with Crippen molar-refractivity contribution in [2.24, 2.45) is 5.16 Å². The molecular weight excluding hydrogens is 578 g/mol. The Balaban J connectivity index is 1.38. The number of β-lactam (4-membered cyclic amide) rings is 1. The van der Waals surface area contributed by atoms with Gasteiger partial charge in [-0.25, -0.2) is 14.6 Å². The van der Waals surface area contributed by atoms with Gasteiger partial charge in [0.1, 0.15) is 22.8 Å². The van der Waals surface area contributed by atoms with Crippen molar-refractivity contribution in [3.8, 4) is 0 Å². The zero-order valence-corrected chi connectivity index (χ0v) is 23.2. The van der Waals surface area contributed by atoms with Crippen LogP contribution in [0.4, 0.5) is 5.13 Å². The number of rotatable bonds is 10. The number of hydrogen-bond donors (Lipinski definition) is 5. The molecular formula is C24H24N7O8S2+. The number of nitrogen functional groups attached to an aromatic ring is 1. The van der Waals surface area contributed by atoms with Gasteiger partial charge in [0.25, 0.3) is 11.8 Å². The molecule has 0 radical (unpaired) electrons. The summed E-state index contributed by atoms with van der Waals surface area (Å²) in [5.41, 5.74) is 7.41. The summed E-state index contributed by atoms with van der Waals surface area (Å²) in [5, 5.41) is 29.6. The summed E-state index contributed by atoms with van der Waals surface area (Å²) in [4.78, 5) is 60.5. The van der Waals surface area contributed by atoms with Gasteiger partial charge < -0.3 is 30.8 Å². The molecule has 41 heavy (non-hydrogen) atoms. The molecule has 5 heterocycles. The summed E-state index contributed by atoms with van der Waals surface area (Å²) >= 11 is 2.32. The van der Waals surface area contributed by atoms with E-state index in [0.29, 0.717) is 17.7 Å². The van der Waals surface area contributed by atoms with Gasteiger partial charge in [-0.2, -0.15) is 5.10 Å². The van der Waals surface area contributed by atoms with Crippen LogP contribution in [0.1, 0.15) is 18.2 Å². The largest absolute Gasteiger partial charge is 0.477 e. The molecule has 1 fully saturated rings. The Morgan fingerprint density at radius 1 is 1.37 bits per heavy atom. The first kappa shape index (κ1) is 28.1. The summed E-state index contributed by atoms with van der Waals surface area (Å²) in [6, 6.07) is 4.55. The molecule has 3 aromatic heterocycles. The number of aromatic nitrogens is 3. The van der Waals surface area contributed by atoms with Gasteiger partial charge in [-0.15, -0.1) is 23.1 Å². The average molecular weight is 603 g/mol. The maximum Gasteiger partial charge on any atom is 0.379 e. The van der Waals surface area contributed by atoms with E-state index in [1.165, 1.54) is 22.0 Å². The fourth-order valence-corrected chi connectivity index (χ4v) is 6.23. The second kappa shape index (κ2) is 10.8. The lowest BCUT2D eigenvalue weighted by molar-refractivity contribution is -0.576. The van der Waals surface area contributed by atoms with E-state index in [-0.39, 0.29) is 16.5 Å². The maximum atomic E-state index is 13.3. The topological polar surface area (TPSA) is 214 Å². The van der Waals surface area contributed by atoms with E-state index < -0.39 is 46.7 Å². The lowest BCUT2D eigenvalue weighted by atomic mass is 9.99. The molecule has 1 saturated heterocycles. The lowest BCUT2D eigenvalue weighted by Crippen LogP contribution is -2.71. The van der Waals surface area contributed by atoms with Crippen LogP contribution < -0.4 is 15.6 Å². The molecule has 6 N–H and O–H groups in total. The number of pyridine rings is 1. The van der Waals surface area contributed by atoms with Crippen molar-refractivity contribution in [3.05, 3.63) is 58.5 Å². The van der Waals surface area contributed by atoms with E-state index in [1.54, 1.807) is 10.7 Å². The Bertz CT molecular complexity index is 1630. The highest BCUT2D eigenvalue weighted by Gasteiger charge is 2.54. The van der Waals surface area contributed by atoms with Gasteiger partial charge in [0, 0.05) is 43.7 Å². The number of carbonyl (C=O) groups excluding carboxylic acids is 2. The van der Waals surface area contributed by atoms with Gasteiger partial charge in [0.15, 0.2) is 17.0 Å². The number of ether oxygens (including phenoxy) is 1. The van der Waals surface area contributed by atoms with Gasteiger partial charge in [-0.3, -0.25) is 14.5 Å². The first-order chi connectivity index (χ1) is 19.5. The number of amides is 2. The number of nitrogens with zero attached hydrogens (tertiary/aromatic N) is 4. The van der Waals surface area contributed by atoms with Crippen molar-refractivity contribution in [1.29, 1.82) is 0 Å². The Morgan fingerprint density at radius 2 is 2.15 bits per heavy atom. The smallest absolute Gasteiger partial charge is 0.379 e. The molecule has 17 heteroatoms. The highest BCUT2D eigenvalue weighted by atomic mass is 32.2. The van der Waals surface area contributed by atoms with Gasteiger partial charge >= 0.3 is 17.7 Å². The summed E-state index contributed by atoms with van der Waals surface area (Å²) in [5.74, 6) is -6.18. The van der Waals surface area contributed by atoms with E-state index in [9.17, 15) is 29.4 Å². The van der Waals surface area contributed by atoms with Crippen LogP contribution in [0, 0.1) is 0 Å². The number of aromatic amines is 1. The molecule has 15 nitrogen and oxygen atoms in total. The van der Waals surface area contributed by atoms with Crippen molar-refractivity contribution in [2.75, 3.05) is 18.6 Å². The van der Waals surface area contributed by atoms with Crippen LogP contribution in [0.2, 0.25) is 0 Å². The third-order valence-corrected chi connectivity index (χ3v) is 8.59. The number of anilines is 1. The number of fused-ring (bicyclic) bond motifs is 2. The second-order valence-corrected chi connectivity index (χ2v) is 11.1. The van der Waals surface area contributed by atoms with Crippen molar-refractivity contribution in [3.63, 3.8) is 0 Å². The third kappa shape index (κ3) is 5.09. The lowest BCUT2D eigenvalue weighted by Gasteiger charge is -2.49. The number of thiazole rings is 1. The first-order valence-electron chi connectivity index (χ1n) is 12.0. The Morgan fingerprint density at radius 3 is 2.80 bits per heavy atom. The van der Waals surface area contributed by atoms with E-state index in [1.807, 2.05) is 24.4 Å². The minimum absolute atomic E-state index is 0.0150. The molecule has 0 spiro atoms. The van der Waals surface area contributed by atoms with Crippen molar-refractivity contribution >= 4 is 63.2 Å². The molecule has 0 bridgehead atoms. The van der Waals surface area contributed by atoms with Crippen molar-refractivity contribution < 1.29 is 43.5 Å². The van der Waals surface area contributed by atoms with Gasteiger partial charge in [0.2, 0.25) is 5.52 Å². The van der Waals surface area contributed by atoms with Crippen molar-refractivity contribution in [2.45, 2.75) is 30.5 Å². The number of nitrogens with one attached hydrogen (secondary N) is 2. The van der Waals surface area contributed by atoms with Gasteiger partial charge in [-0.05, 0) is 11.6 Å². The first-order valence-corrected chi connectivity index (χ1v) is 13.9. The molecule has 0 saturated carbocycles. The van der Waals surface area contributed by atoms with Crippen LogP contribution in [0.15, 0.2) is 52.4 Å². The highest BCUT2D eigenvalue weighted by Crippen LogP contribution is 2.41. The Kier molecular flexibility index (Phi) is 7.41. The number of carboxylic acid groups (broad SMARTS) is 2. The summed E-state index contributed by atoms with van der Waals surface area (Å²) < 4.78 is 6.65. The number of methoxy groups -OCH3 is 1. The maximum absolute atomic E-state index is 13.3. The van der Waals surface area contributed by atoms with Crippen LogP contribution in [-0.4, -0.2) is 84.7 Å². The summed E-state index contributed by atoms with van der Waals surface area (Å²) in [7, 11) is 1.09. The van der Waals surface area contributed by atoms with Crippen LogP contribution in [0.3, 0.4) is 0 Å². The van der Waals surface area contributed by atoms with Crippen LogP contribution >= 0.6 is 23.1 Å². The number of carbonyl (C=O) groups is 4. The molecule has 2 aliphatic rings. The number of oxime groups is 1. The molecule has 214 valence electrons. The minimum atomic E-state index is -2.21. The normalized spacial score (nSPS) is 20.3. The average Bonchev–Trinajstić information content (AvgIpc) is 3.57. The van der Waals surface area contributed by atoms with Gasteiger partial charge in [-0.1, -0.05) is 9.67 Å². The number of carboxylic acids is 2. The van der Waals surface area contributed by atoms with Crippen LogP contribution in [-0.2, 0) is 35.2 Å². The van der Waals surface area contributed by atoms with Crippen LogP contribution in [0.5, 0.6) is 0 Å². The van der Waals surface area contributed by atoms with Crippen LogP contribution in [0.25, 0.3) is 5.52 Å². The summed E-state index contributed by atoms with van der Waals surface area (Å²) in [6.45, 7) is 1.09. The number of aliphatic carboxylic acids is 2. The SMILES string of the molecule is COC(C)(O/N=C(\C(=O)N[C@@H]1C(=O)N2C(C(=O)O)=C(Cc3c[nH][n+]4ccccc34)CS[C@H]12)c1csc(N)n1)C(=O)O. The number of nitrogens with two attached hydrogens (primary N) is 1. The number of H-pyrrole nitrogens is 1. The number of thioether (sulfide) groups is 1. The second-order valence-electron chi connectivity index (χ2n) is 9.11. The minimum Gasteiger partial charge on any atom is -0.477 e. The molecule has 3 aromatic rings. The fraction of sp³-hybridized carbons (Fsp3) is 0.292. The monoisotopic (exact) mass is 602 g/mol. The molecule has 3 atom stereocenters. The van der Waals surface area contributed by atoms with E-state index in [4.69, 9.17) is 15.3 Å². The quantitative estimate of drug-likeness (QED) is 0.0681. The third-order valence-electron chi connectivity index (χ3n) is 6.58. The zero-order chi connectivity index (χ0) is 29.5. The predicted octanol–water partition coefficient (Wildman–Crippen LogP) is -0.0587. The Hall–Kier alpha value is -4.48. The van der Waals surface area contributed by atoms with E-state index in [2.05, 4.69) is 20.6 Å². The highest BCUT2D eigenvalue weighted by molar-refractivity contribution is 8.00. The molecule has 2 amide bonds. The fourth-order valence-electron chi connectivity index (χ4n) is 4.34. The molecule has 5 rings (SSSR count).